The lowest BCUT2D eigenvalue weighted by Crippen LogP contribution is -2.04. The number of nitrogens with zero attached hydrogens (tertiary/aromatic N) is 2. The van der Waals surface area contributed by atoms with Crippen LogP contribution in [0.1, 0.15) is 5.82 Å². The number of nitrogens with one attached hydrogen (secondary N) is 2. The Labute approximate surface area is 59.1 Å². The summed E-state index contributed by atoms with van der Waals surface area (Å²) in [5, 5.41) is 12.0. The number of aromatic nitrogens is 4. The topological polar surface area (TPSA) is 55.7 Å². The van der Waals surface area contributed by atoms with Gasteiger partial charge < -0.3 is 17.3 Å². The Morgan fingerprint density at radius 3 is 1.91 bits per heavy atom. The van der Waals surface area contributed by atoms with Crippen molar-refractivity contribution in [2.24, 2.45) is 0 Å². The fourth-order valence-corrected chi connectivity index (χ4v) is 0.231. The van der Waals surface area contributed by atoms with Crippen molar-refractivity contribution in [1.29, 1.82) is 0 Å². The first kappa shape index (κ1) is 9.85. The quantitative estimate of drug-likeness (QED) is 0.449. The molecule has 0 aromatic carbocycles. The highest BCUT2D eigenvalue weighted by atomic mass is 19.5. The third-order valence-electron chi connectivity index (χ3n) is 0.487. The van der Waals surface area contributed by atoms with E-state index >= 15 is 0 Å². The standard InChI is InChI=1S/C2H4N4.BF4/c1-2-3-5-6-4-2;2-1(3,4)5/h1H3,(H,3,4,5,6);/q;-1/p+1. The van der Waals surface area contributed by atoms with Gasteiger partial charge in [-0.25, -0.2) is 0 Å². The summed E-state index contributed by atoms with van der Waals surface area (Å²) in [5.41, 5.74) is 0. The van der Waals surface area contributed by atoms with Crippen molar-refractivity contribution in [3.63, 3.8) is 0 Å². The molecule has 1 aromatic heterocycles. The van der Waals surface area contributed by atoms with Crippen LogP contribution in [0.4, 0.5) is 17.3 Å². The molecule has 0 unspecified atom stereocenters. The number of rotatable bonds is 0. The first-order valence-electron chi connectivity index (χ1n) is 2.52. The van der Waals surface area contributed by atoms with Crippen molar-refractivity contribution >= 4 is 7.25 Å². The molecule has 1 rings (SSSR count). The van der Waals surface area contributed by atoms with Crippen molar-refractivity contribution in [2.45, 2.75) is 6.92 Å². The Hall–Kier alpha value is -1.15. The SMILES string of the molecule is Cc1nn[nH][nH+]1.F[B-](F)(F)F. The van der Waals surface area contributed by atoms with Gasteiger partial charge in [0.25, 0.3) is 5.82 Å². The molecule has 0 saturated heterocycles. The molecule has 0 aliphatic carbocycles. The Morgan fingerprint density at radius 1 is 1.36 bits per heavy atom. The van der Waals surface area contributed by atoms with Crippen LogP contribution in [0.25, 0.3) is 0 Å². The number of hydrogen-bond acceptors (Lipinski definition) is 2. The average molecular weight is 172 g/mol. The van der Waals surface area contributed by atoms with Crippen LogP contribution in [0.3, 0.4) is 0 Å². The summed E-state index contributed by atoms with van der Waals surface area (Å²) in [5.74, 6) is 0.801. The van der Waals surface area contributed by atoms with Crippen LogP contribution in [-0.2, 0) is 0 Å². The molecule has 1 heterocycles. The molecule has 4 nitrogen and oxygen atoms in total. The minimum absolute atomic E-state index is 0.801. The molecule has 1 aromatic rings. The molecule has 0 amide bonds. The molecule has 0 radical (unpaired) electrons. The molecular weight excluding hydrogens is 167 g/mol. The highest BCUT2D eigenvalue weighted by Gasteiger charge is 2.20. The molecule has 9 heteroatoms. The van der Waals surface area contributed by atoms with Crippen LogP contribution in [0, 0.1) is 6.92 Å². The lowest BCUT2D eigenvalue weighted by Gasteiger charge is -1.94. The van der Waals surface area contributed by atoms with E-state index in [4.69, 9.17) is 0 Å². The predicted octanol–water partition coefficient (Wildman–Crippen LogP) is 0.227. The smallest absolute Gasteiger partial charge is 0.418 e. The Bertz CT molecular complexity index is 176. The van der Waals surface area contributed by atoms with Gasteiger partial charge in [-0.2, -0.15) is 5.10 Å². The van der Waals surface area contributed by atoms with E-state index in [1.165, 1.54) is 0 Å². The van der Waals surface area contributed by atoms with Gasteiger partial charge in [0.2, 0.25) is 0 Å². The van der Waals surface area contributed by atoms with Crippen LogP contribution >= 0.6 is 0 Å². The van der Waals surface area contributed by atoms with Gasteiger partial charge in [0.05, 0.1) is 0 Å². The van der Waals surface area contributed by atoms with E-state index in [0.717, 1.165) is 5.82 Å². The summed E-state index contributed by atoms with van der Waals surface area (Å²) in [4.78, 5) is 0. The second kappa shape index (κ2) is 3.89. The molecule has 0 fully saturated rings. The summed E-state index contributed by atoms with van der Waals surface area (Å²) < 4.78 is 39.0. The third kappa shape index (κ3) is 12.1. The largest absolute Gasteiger partial charge is 0.673 e. The minimum Gasteiger partial charge on any atom is -0.418 e. The second-order valence-electron chi connectivity index (χ2n) is 1.52. The Balaban J connectivity index is 0.000000187. The van der Waals surface area contributed by atoms with Crippen molar-refractivity contribution in [3.05, 3.63) is 5.82 Å². The van der Waals surface area contributed by atoms with E-state index < -0.39 is 7.25 Å². The maximum Gasteiger partial charge on any atom is 0.673 e. The number of aromatic amines is 2. The van der Waals surface area contributed by atoms with E-state index in [1.807, 2.05) is 6.92 Å². The Morgan fingerprint density at radius 2 is 1.82 bits per heavy atom. The first-order valence-corrected chi connectivity index (χ1v) is 2.52. The number of hydrogen-bond donors (Lipinski definition) is 1. The summed E-state index contributed by atoms with van der Waals surface area (Å²) in [7, 11) is -6.00. The molecule has 0 saturated carbocycles. The summed E-state index contributed by atoms with van der Waals surface area (Å²) in [6, 6.07) is 0. The normalized spacial score (nSPS) is 10.3. The summed E-state index contributed by atoms with van der Waals surface area (Å²) in [6.07, 6.45) is 0. The fourth-order valence-electron chi connectivity index (χ4n) is 0.231. The molecule has 2 N–H and O–H groups in total. The van der Waals surface area contributed by atoms with Gasteiger partial charge in [-0.1, -0.05) is 5.21 Å². The van der Waals surface area contributed by atoms with E-state index in [-0.39, 0.29) is 0 Å². The van der Waals surface area contributed by atoms with Gasteiger partial charge >= 0.3 is 7.25 Å². The van der Waals surface area contributed by atoms with Crippen LogP contribution in [0.2, 0.25) is 0 Å². The monoisotopic (exact) mass is 172 g/mol. The molecular formula is C2H5BF4N4. The van der Waals surface area contributed by atoms with E-state index in [2.05, 4.69) is 20.6 Å². The highest BCUT2D eigenvalue weighted by molar-refractivity contribution is 6.50. The first-order chi connectivity index (χ1) is 4.89. The molecule has 0 aliphatic heterocycles. The lowest BCUT2D eigenvalue weighted by atomic mass is 10.3. The van der Waals surface area contributed by atoms with E-state index in [0.29, 0.717) is 0 Å². The zero-order valence-corrected chi connectivity index (χ0v) is 5.48. The van der Waals surface area contributed by atoms with Crippen molar-refractivity contribution in [1.82, 2.24) is 15.5 Å². The van der Waals surface area contributed by atoms with Crippen molar-refractivity contribution < 1.29 is 22.4 Å². The molecule has 0 spiro atoms. The van der Waals surface area contributed by atoms with E-state index in [9.17, 15) is 17.3 Å². The van der Waals surface area contributed by atoms with Crippen LogP contribution in [0.15, 0.2) is 0 Å². The lowest BCUT2D eigenvalue weighted by molar-refractivity contribution is -0.464. The maximum absolute atomic E-state index is 9.75. The van der Waals surface area contributed by atoms with Gasteiger partial charge in [-0.05, 0) is 0 Å². The Kier molecular flexibility index (Phi) is 3.48. The molecule has 0 aliphatic rings. The van der Waals surface area contributed by atoms with Crippen LogP contribution in [0.5, 0.6) is 0 Å². The van der Waals surface area contributed by atoms with Crippen molar-refractivity contribution in [3.8, 4) is 0 Å². The number of aryl methyl sites for hydroxylation is 1. The third-order valence-corrected chi connectivity index (χ3v) is 0.487. The van der Waals surface area contributed by atoms with Crippen LogP contribution in [-0.4, -0.2) is 22.8 Å². The zero-order chi connectivity index (χ0) is 8.91. The maximum atomic E-state index is 9.75. The fraction of sp³-hybridized carbons (Fsp3) is 0.500. The summed E-state index contributed by atoms with van der Waals surface area (Å²) >= 11 is 0. The zero-order valence-electron chi connectivity index (χ0n) is 5.48. The average Bonchev–Trinajstić information content (AvgIpc) is 2.12. The van der Waals surface area contributed by atoms with Gasteiger partial charge in [-0.15, -0.1) is 0 Å². The molecule has 0 atom stereocenters. The highest BCUT2D eigenvalue weighted by Crippen LogP contribution is 2.06. The van der Waals surface area contributed by atoms with E-state index in [1.54, 1.807) is 0 Å². The predicted molar refractivity (Wildman–Crippen MR) is 27.9 cm³/mol. The number of tetrazole rings is 1. The number of halogens is 4. The van der Waals surface area contributed by atoms with Gasteiger partial charge in [0.1, 0.15) is 5.10 Å². The molecule has 64 valence electrons. The van der Waals surface area contributed by atoms with Gasteiger partial charge in [0.15, 0.2) is 5.21 Å². The van der Waals surface area contributed by atoms with Crippen LogP contribution < -0.4 is 5.10 Å². The molecule has 0 bridgehead atoms. The van der Waals surface area contributed by atoms with Gasteiger partial charge in [-0.3, -0.25) is 0 Å². The van der Waals surface area contributed by atoms with Crippen molar-refractivity contribution in [2.75, 3.05) is 0 Å². The minimum atomic E-state index is -6.00. The van der Waals surface area contributed by atoms with Gasteiger partial charge in [0, 0.05) is 6.92 Å². The second-order valence-corrected chi connectivity index (χ2v) is 1.52. The molecule has 11 heavy (non-hydrogen) atoms. The number of H-pyrrole nitrogens is 2. The summed E-state index contributed by atoms with van der Waals surface area (Å²) in [6.45, 7) is 1.82.